The number of rotatable bonds is 4. The average molecular weight is 293 g/mol. The summed E-state index contributed by atoms with van der Waals surface area (Å²) in [6.45, 7) is 5.44. The van der Waals surface area contributed by atoms with Crippen molar-refractivity contribution >= 4 is 0 Å². The molecule has 0 fully saturated rings. The zero-order valence-corrected chi connectivity index (χ0v) is 12.1. The van der Waals surface area contributed by atoms with Crippen molar-refractivity contribution in [2.45, 2.75) is 26.6 Å². The number of halogens is 3. The minimum atomic E-state index is -4.34. The van der Waals surface area contributed by atoms with E-state index in [-0.39, 0.29) is 5.56 Å². The Hall–Kier alpha value is -1.81. The molecular formula is C17H18F3N. The maximum atomic E-state index is 13.1. The Balaban J connectivity index is 2.44. The summed E-state index contributed by atoms with van der Waals surface area (Å²) in [6, 6.07) is 11.3. The van der Waals surface area contributed by atoms with Gasteiger partial charge in [0, 0.05) is 6.54 Å². The SMILES string of the molecule is CCNCc1ccc(-c2ccccc2C(F)(F)F)c(C)c1. The Labute approximate surface area is 122 Å². The van der Waals surface area contributed by atoms with E-state index in [4.69, 9.17) is 0 Å². The van der Waals surface area contributed by atoms with Gasteiger partial charge in [0.15, 0.2) is 0 Å². The largest absolute Gasteiger partial charge is 0.417 e. The van der Waals surface area contributed by atoms with Crippen LogP contribution in [0.3, 0.4) is 0 Å². The third-order valence-corrected chi connectivity index (χ3v) is 3.39. The fourth-order valence-electron chi connectivity index (χ4n) is 2.37. The van der Waals surface area contributed by atoms with Crippen molar-refractivity contribution in [3.63, 3.8) is 0 Å². The minimum Gasteiger partial charge on any atom is -0.313 e. The molecule has 0 aliphatic rings. The van der Waals surface area contributed by atoms with Gasteiger partial charge in [-0.1, -0.05) is 43.3 Å². The van der Waals surface area contributed by atoms with Crippen molar-refractivity contribution in [2.24, 2.45) is 0 Å². The van der Waals surface area contributed by atoms with Crippen molar-refractivity contribution in [1.29, 1.82) is 0 Å². The molecule has 4 heteroatoms. The molecule has 0 spiro atoms. The minimum absolute atomic E-state index is 0.234. The second kappa shape index (κ2) is 6.31. The van der Waals surface area contributed by atoms with Gasteiger partial charge in [-0.3, -0.25) is 0 Å². The Morgan fingerprint density at radius 1 is 1.00 bits per heavy atom. The van der Waals surface area contributed by atoms with E-state index in [1.54, 1.807) is 12.1 Å². The van der Waals surface area contributed by atoms with Gasteiger partial charge < -0.3 is 5.32 Å². The van der Waals surface area contributed by atoms with Crippen LogP contribution in [-0.4, -0.2) is 6.54 Å². The van der Waals surface area contributed by atoms with Crippen LogP contribution in [0.2, 0.25) is 0 Å². The molecule has 0 atom stereocenters. The van der Waals surface area contributed by atoms with E-state index >= 15 is 0 Å². The first-order valence-corrected chi connectivity index (χ1v) is 6.90. The van der Waals surface area contributed by atoms with Crippen LogP contribution in [-0.2, 0) is 12.7 Å². The van der Waals surface area contributed by atoms with Crippen LogP contribution >= 0.6 is 0 Å². The van der Waals surface area contributed by atoms with Gasteiger partial charge in [0.2, 0.25) is 0 Å². The van der Waals surface area contributed by atoms with Gasteiger partial charge in [-0.25, -0.2) is 0 Å². The standard InChI is InChI=1S/C17H18F3N/c1-3-21-11-13-8-9-14(12(2)10-13)15-6-4-5-7-16(15)17(18,19)20/h4-10,21H,3,11H2,1-2H3. The number of hydrogen-bond acceptors (Lipinski definition) is 1. The number of alkyl halides is 3. The highest BCUT2D eigenvalue weighted by atomic mass is 19.4. The van der Waals surface area contributed by atoms with Gasteiger partial charge in [0.05, 0.1) is 5.56 Å². The molecule has 2 aromatic rings. The highest BCUT2D eigenvalue weighted by molar-refractivity contribution is 5.71. The third-order valence-electron chi connectivity index (χ3n) is 3.39. The first-order valence-electron chi connectivity index (χ1n) is 6.90. The summed E-state index contributed by atoms with van der Waals surface area (Å²) in [7, 11) is 0. The molecule has 0 saturated heterocycles. The fourth-order valence-corrected chi connectivity index (χ4v) is 2.37. The smallest absolute Gasteiger partial charge is 0.313 e. The van der Waals surface area contributed by atoms with E-state index in [2.05, 4.69) is 5.32 Å². The molecule has 0 aliphatic heterocycles. The van der Waals surface area contributed by atoms with Crippen LogP contribution in [0.4, 0.5) is 13.2 Å². The lowest BCUT2D eigenvalue weighted by molar-refractivity contribution is -0.137. The monoisotopic (exact) mass is 293 g/mol. The highest BCUT2D eigenvalue weighted by Crippen LogP contribution is 2.38. The quantitative estimate of drug-likeness (QED) is 0.854. The molecular weight excluding hydrogens is 275 g/mol. The Bertz CT molecular complexity index is 618. The fraction of sp³-hybridized carbons (Fsp3) is 0.294. The topological polar surface area (TPSA) is 12.0 Å². The second-order valence-corrected chi connectivity index (χ2v) is 4.97. The van der Waals surface area contributed by atoms with Crippen LogP contribution in [0.15, 0.2) is 42.5 Å². The molecule has 1 nitrogen and oxygen atoms in total. The number of hydrogen-bond donors (Lipinski definition) is 1. The summed E-state index contributed by atoms with van der Waals surface area (Å²) in [4.78, 5) is 0. The number of benzene rings is 2. The predicted molar refractivity (Wildman–Crippen MR) is 79.0 cm³/mol. The summed E-state index contributed by atoms with van der Waals surface area (Å²) >= 11 is 0. The van der Waals surface area contributed by atoms with E-state index in [1.165, 1.54) is 12.1 Å². The van der Waals surface area contributed by atoms with E-state index < -0.39 is 11.7 Å². The van der Waals surface area contributed by atoms with E-state index in [9.17, 15) is 13.2 Å². The van der Waals surface area contributed by atoms with Crippen LogP contribution < -0.4 is 5.32 Å². The lowest BCUT2D eigenvalue weighted by Gasteiger charge is -2.15. The lowest BCUT2D eigenvalue weighted by atomic mass is 9.94. The van der Waals surface area contributed by atoms with Gasteiger partial charge >= 0.3 is 6.18 Å². The van der Waals surface area contributed by atoms with Crippen LogP contribution in [0.25, 0.3) is 11.1 Å². The summed E-state index contributed by atoms with van der Waals surface area (Å²) in [6.07, 6.45) is -4.34. The van der Waals surface area contributed by atoms with Gasteiger partial charge in [-0.05, 0) is 41.8 Å². The molecule has 0 saturated carbocycles. The Morgan fingerprint density at radius 2 is 1.71 bits per heavy atom. The predicted octanol–water partition coefficient (Wildman–Crippen LogP) is 4.79. The molecule has 0 amide bonds. The van der Waals surface area contributed by atoms with Crippen molar-refractivity contribution in [2.75, 3.05) is 6.54 Å². The summed E-state index contributed by atoms with van der Waals surface area (Å²) in [5.41, 5.74) is 2.19. The highest BCUT2D eigenvalue weighted by Gasteiger charge is 2.33. The zero-order chi connectivity index (χ0) is 15.5. The van der Waals surface area contributed by atoms with Gasteiger partial charge in [-0.2, -0.15) is 13.2 Å². The molecule has 21 heavy (non-hydrogen) atoms. The Kier molecular flexibility index (Phi) is 4.68. The molecule has 0 unspecified atom stereocenters. The molecule has 112 valence electrons. The Morgan fingerprint density at radius 3 is 2.33 bits per heavy atom. The number of aryl methyl sites for hydroxylation is 1. The van der Waals surface area contributed by atoms with Crippen LogP contribution in [0.1, 0.15) is 23.6 Å². The van der Waals surface area contributed by atoms with Crippen molar-refractivity contribution < 1.29 is 13.2 Å². The maximum absolute atomic E-state index is 13.1. The lowest BCUT2D eigenvalue weighted by Crippen LogP contribution is -2.12. The summed E-state index contributed by atoms with van der Waals surface area (Å²) < 4.78 is 39.3. The molecule has 2 aromatic carbocycles. The average Bonchev–Trinajstić information content (AvgIpc) is 2.44. The van der Waals surface area contributed by atoms with Crippen LogP contribution in [0, 0.1) is 6.92 Å². The van der Waals surface area contributed by atoms with Crippen molar-refractivity contribution in [3.05, 3.63) is 59.2 Å². The maximum Gasteiger partial charge on any atom is 0.417 e. The van der Waals surface area contributed by atoms with Gasteiger partial charge in [0.1, 0.15) is 0 Å². The normalized spacial score (nSPS) is 11.7. The summed E-state index contributed by atoms with van der Waals surface area (Å²) in [5, 5.41) is 3.21. The van der Waals surface area contributed by atoms with Crippen molar-refractivity contribution in [3.8, 4) is 11.1 Å². The molecule has 0 radical (unpaired) electrons. The van der Waals surface area contributed by atoms with Crippen LogP contribution in [0.5, 0.6) is 0 Å². The number of nitrogens with one attached hydrogen (secondary N) is 1. The van der Waals surface area contributed by atoms with E-state index in [0.29, 0.717) is 5.56 Å². The second-order valence-electron chi connectivity index (χ2n) is 4.97. The summed E-state index contributed by atoms with van der Waals surface area (Å²) in [5.74, 6) is 0. The molecule has 1 N–H and O–H groups in total. The van der Waals surface area contributed by atoms with E-state index in [1.807, 2.05) is 26.0 Å². The van der Waals surface area contributed by atoms with Gasteiger partial charge in [-0.15, -0.1) is 0 Å². The molecule has 0 aromatic heterocycles. The van der Waals surface area contributed by atoms with E-state index in [0.717, 1.165) is 30.3 Å². The first-order chi connectivity index (χ1) is 9.93. The molecule has 0 heterocycles. The molecule has 2 rings (SSSR count). The first kappa shape index (κ1) is 15.6. The van der Waals surface area contributed by atoms with Gasteiger partial charge in [0.25, 0.3) is 0 Å². The van der Waals surface area contributed by atoms with Crippen molar-refractivity contribution in [1.82, 2.24) is 5.32 Å². The molecule has 0 aliphatic carbocycles. The third kappa shape index (κ3) is 3.64. The molecule has 0 bridgehead atoms. The zero-order valence-electron chi connectivity index (χ0n) is 12.1.